The highest BCUT2D eigenvalue weighted by Gasteiger charge is 2.29. The van der Waals surface area contributed by atoms with Gasteiger partial charge in [-0.3, -0.25) is 14.4 Å². The number of fused-ring (bicyclic) bond motifs is 1. The number of amides is 1. The number of H-pyrrole nitrogens is 1. The molecule has 0 saturated heterocycles. The van der Waals surface area contributed by atoms with Crippen molar-refractivity contribution in [3.8, 4) is 5.75 Å². The lowest BCUT2D eigenvalue weighted by molar-refractivity contribution is 0.0963. The van der Waals surface area contributed by atoms with E-state index < -0.39 is 11.5 Å². The van der Waals surface area contributed by atoms with Gasteiger partial charge < -0.3 is 15.0 Å². The van der Waals surface area contributed by atoms with Crippen molar-refractivity contribution >= 4 is 29.0 Å². The molecule has 1 heterocycles. The number of halogens is 1. The number of ketones is 1. The quantitative estimate of drug-likeness (QED) is 0.659. The number of rotatable bonds is 4. The topological polar surface area (TPSA) is 88.3 Å². The Morgan fingerprint density at radius 3 is 2.60 bits per heavy atom. The van der Waals surface area contributed by atoms with Gasteiger partial charge in [0.2, 0.25) is 0 Å². The predicted octanol–water partition coefficient (Wildman–Crippen LogP) is 4.20. The third-order valence-electron chi connectivity index (χ3n) is 5.23. The van der Waals surface area contributed by atoms with Gasteiger partial charge in [0, 0.05) is 22.7 Å². The minimum absolute atomic E-state index is 0.00255. The summed E-state index contributed by atoms with van der Waals surface area (Å²) >= 11 is 5.99. The first-order chi connectivity index (χ1) is 14.5. The zero-order valence-electron chi connectivity index (χ0n) is 16.2. The fourth-order valence-electron chi connectivity index (χ4n) is 3.73. The number of methoxy groups -OCH3 is 1. The van der Waals surface area contributed by atoms with Crippen LogP contribution in [0, 0.1) is 0 Å². The van der Waals surface area contributed by atoms with Gasteiger partial charge in [0.25, 0.3) is 11.5 Å². The maximum Gasteiger partial charge on any atom is 0.261 e. The summed E-state index contributed by atoms with van der Waals surface area (Å²) in [6.07, 6.45) is 0.858. The molecule has 0 aliphatic heterocycles. The van der Waals surface area contributed by atoms with Gasteiger partial charge in [-0.1, -0.05) is 41.9 Å². The molecule has 0 unspecified atom stereocenters. The van der Waals surface area contributed by atoms with Gasteiger partial charge in [0.1, 0.15) is 11.3 Å². The number of aromatic amines is 1. The average molecular weight is 423 g/mol. The largest absolute Gasteiger partial charge is 0.495 e. The molecule has 1 aliphatic rings. The molecule has 0 radical (unpaired) electrons. The van der Waals surface area contributed by atoms with Gasteiger partial charge in [0.05, 0.1) is 12.8 Å². The van der Waals surface area contributed by atoms with Crippen molar-refractivity contribution in [2.45, 2.75) is 18.8 Å². The summed E-state index contributed by atoms with van der Waals surface area (Å²) in [7, 11) is 1.46. The van der Waals surface area contributed by atoms with Crippen molar-refractivity contribution in [3.05, 3.63) is 92.4 Å². The summed E-state index contributed by atoms with van der Waals surface area (Å²) in [6, 6.07) is 15.9. The van der Waals surface area contributed by atoms with Gasteiger partial charge >= 0.3 is 0 Å². The van der Waals surface area contributed by atoms with E-state index >= 15 is 0 Å². The molecule has 4 rings (SSSR count). The van der Waals surface area contributed by atoms with E-state index in [-0.39, 0.29) is 17.3 Å². The highest BCUT2D eigenvalue weighted by Crippen LogP contribution is 2.32. The van der Waals surface area contributed by atoms with E-state index in [1.165, 1.54) is 19.2 Å². The third kappa shape index (κ3) is 3.86. The molecule has 0 fully saturated rings. The molecule has 152 valence electrons. The molecule has 30 heavy (non-hydrogen) atoms. The number of nitrogens with one attached hydrogen (secondary N) is 2. The first kappa shape index (κ1) is 19.9. The van der Waals surface area contributed by atoms with Gasteiger partial charge in [-0.15, -0.1) is 0 Å². The number of carbonyl (C=O) groups excluding carboxylic acids is 2. The van der Waals surface area contributed by atoms with Crippen molar-refractivity contribution in [1.82, 2.24) is 4.98 Å². The number of ether oxygens (including phenoxy) is 1. The molecule has 2 aromatic carbocycles. The maximum atomic E-state index is 12.8. The zero-order valence-corrected chi connectivity index (χ0v) is 17.0. The summed E-state index contributed by atoms with van der Waals surface area (Å²) in [6.45, 7) is 0. The molecule has 2 N–H and O–H groups in total. The van der Waals surface area contributed by atoms with Crippen LogP contribution >= 0.6 is 11.6 Å². The Morgan fingerprint density at radius 2 is 1.87 bits per heavy atom. The number of anilines is 1. The molecule has 0 spiro atoms. The first-order valence-electron chi connectivity index (χ1n) is 9.45. The van der Waals surface area contributed by atoms with Crippen molar-refractivity contribution in [2.75, 3.05) is 12.4 Å². The molecule has 0 bridgehead atoms. The monoisotopic (exact) mass is 422 g/mol. The number of aromatic nitrogens is 1. The second-order valence-corrected chi connectivity index (χ2v) is 7.58. The van der Waals surface area contributed by atoms with Crippen LogP contribution in [0.2, 0.25) is 5.02 Å². The van der Waals surface area contributed by atoms with Crippen molar-refractivity contribution in [3.63, 3.8) is 0 Å². The fraction of sp³-hybridized carbons (Fsp3) is 0.174. The number of benzene rings is 2. The van der Waals surface area contributed by atoms with E-state index in [2.05, 4.69) is 10.3 Å². The van der Waals surface area contributed by atoms with E-state index in [4.69, 9.17) is 16.3 Å². The number of hydrogen-bond donors (Lipinski definition) is 2. The van der Waals surface area contributed by atoms with Crippen LogP contribution in [0.1, 0.15) is 44.3 Å². The summed E-state index contributed by atoms with van der Waals surface area (Å²) in [5.41, 5.74) is 1.64. The number of pyridine rings is 1. The van der Waals surface area contributed by atoms with E-state index in [1.54, 1.807) is 12.1 Å². The molecule has 1 amide bonds. The lowest BCUT2D eigenvalue weighted by atomic mass is 9.81. The van der Waals surface area contributed by atoms with Gasteiger partial charge in [-0.2, -0.15) is 0 Å². The van der Waals surface area contributed by atoms with Crippen LogP contribution in [0.15, 0.2) is 59.4 Å². The second kappa shape index (κ2) is 8.16. The third-order valence-corrected chi connectivity index (χ3v) is 5.47. The van der Waals surface area contributed by atoms with Crippen molar-refractivity contribution in [2.24, 2.45) is 0 Å². The SMILES string of the molecule is COc1ccc(Cl)cc1NC(=O)c1cc2c([nH]c1=O)C[C@@H](c1ccccc1)CC2=O. The van der Waals surface area contributed by atoms with Crippen LogP contribution in [-0.2, 0) is 6.42 Å². The van der Waals surface area contributed by atoms with Crippen LogP contribution < -0.4 is 15.6 Å². The number of hydrogen-bond acceptors (Lipinski definition) is 4. The standard InChI is InChI=1S/C23H19ClN2O4/c1-30-21-8-7-15(24)11-19(21)26-23(29)17-12-16-18(25-22(17)28)9-14(10-20(16)27)13-5-3-2-4-6-13/h2-8,11-12,14H,9-10H2,1H3,(H,25,28)(H,26,29)/t14-/m1/s1. The Kier molecular flexibility index (Phi) is 5.42. The lowest BCUT2D eigenvalue weighted by Gasteiger charge is -2.24. The van der Waals surface area contributed by atoms with Crippen LogP contribution in [0.4, 0.5) is 5.69 Å². The molecule has 1 aliphatic carbocycles. The van der Waals surface area contributed by atoms with E-state index in [1.807, 2.05) is 30.3 Å². The first-order valence-corrected chi connectivity index (χ1v) is 9.83. The summed E-state index contributed by atoms with van der Waals surface area (Å²) in [4.78, 5) is 40.9. The molecule has 0 saturated carbocycles. The molecule has 7 heteroatoms. The Balaban J connectivity index is 1.64. The molecular weight excluding hydrogens is 404 g/mol. The second-order valence-electron chi connectivity index (χ2n) is 7.14. The minimum atomic E-state index is -0.641. The molecule has 1 atom stereocenters. The molecule has 3 aromatic rings. The van der Waals surface area contributed by atoms with Crippen molar-refractivity contribution in [1.29, 1.82) is 0 Å². The number of carbonyl (C=O) groups is 2. The summed E-state index contributed by atoms with van der Waals surface area (Å²) in [5, 5.41) is 3.05. The van der Waals surface area contributed by atoms with Crippen LogP contribution in [0.25, 0.3) is 0 Å². The lowest BCUT2D eigenvalue weighted by Crippen LogP contribution is -2.29. The fourth-order valence-corrected chi connectivity index (χ4v) is 3.90. The van der Waals surface area contributed by atoms with Gasteiger partial charge in [-0.05, 0) is 42.2 Å². The van der Waals surface area contributed by atoms with E-state index in [9.17, 15) is 14.4 Å². The van der Waals surface area contributed by atoms with E-state index in [0.29, 0.717) is 40.6 Å². The van der Waals surface area contributed by atoms with Crippen LogP contribution in [0.5, 0.6) is 5.75 Å². The normalized spacial score (nSPS) is 15.4. The number of Topliss-reactive ketones (excluding diaryl/α,β-unsaturated/α-hetero) is 1. The highest BCUT2D eigenvalue weighted by atomic mass is 35.5. The van der Waals surface area contributed by atoms with Gasteiger partial charge in [0.15, 0.2) is 5.78 Å². The van der Waals surface area contributed by atoms with E-state index in [0.717, 1.165) is 5.56 Å². The Hall–Kier alpha value is -3.38. The van der Waals surface area contributed by atoms with Gasteiger partial charge in [-0.25, -0.2) is 0 Å². The zero-order chi connectivity index (χ0) is 21.3. The molecular formula is C23H19ClN2O4. The van der Waals surface area contributed by atoms with Crippen LogP contribution in [0.3, 0.4) is 0 Å². The van der Waals surface area contributed by atoms with Crippen molar-refractivity contribution < 1.29 is 14.3 Å². The summed E-state index contributed by atoms with van der Waals surface area (Å²) < 4.78 is 5.22. The smallest absolute Gasteiger partial charge is 0.261 e. The highest BCUT2D eigenvalue weighted by molar-refractivity contribution is 6.31. The maximum absolute atomic E-state index is 12.8. The van der Waals surface area contributed by atoms with Crippen LogP contribution in [-0.4, -0.2) is 23.8 Å². The Morgan fingerprint density at radius 1 is 1.10 bits per heavy atom. The Bertz CT molecular complexity index is 1190. The predicted molar refractivity (Wildman–Crippen MR) is 115 cm³/mol. The summed E-state index contributed by atoms with van der Waals surface area (Å²) in [5.74, 6) is -0.338. The molecule has 6 nitrogen and oxygen atoms in total. The molecule has 1 aromatic heterocycles. The Labute approximate surface area is 177 Å². The minimum Gasteiger partial charge on any atom is -0.495 e. The average Bonchev–Trinajstić information content (AvgIpc) is 2.74.